The van der Waals surface area contributed by atoms with Gasteiger partial charge < -0.3 is 63.9 Å². The van der Waals surface area contributed by atoms with Crippen LogP contribution < -0.4 is 21.3 Å². The van der Waals surface area contributed by atoms with Crippen molar-refractivity contribution >= 4 is 107 Å². The van der Waals surface area contributed by atoms with Gasteiger partial charge >= 0.3 is 6.09 Å². The topological polar surface area (TPSA) is 237 Å². The van der Waals surface area contributed by atoms with Crippen molar-refractivity contribution in [2.75, 3.05) is 52.8 Å². The van der Waals surface area contributed by atoms with Gasteiger partial charge in [-0.05, 0) is 116 Å². The van der Waals surface area contributed by atoms with Crippen molar-refractivity contribution in [2.24, 2.45) is 17.8 Å². The van der Waals surface area contributed by atoms with Crippen LogP contribution in [0.25, 0.3) is 0 Å². The number of benzene rings is 1. The number of halogens is 3. The Hall–Kier alpha value is -5.47. The second kappa shape index (κ2) is 23.3. The van der Waals surface area contributed by atoms with E-state index in [0.29, 0.717) is 81.3 Å². The molecule has 3 aliphatic carbocycles. The summed E-state index contributed by atoms with van der Waals surface area (Å²) < 4.78 is 26.5. The Balaban J connectivity index is 0.000000125. The lowest BCUT2D eigenvalue weighted by molar-refractivity contribution is -0.162. The summed E-state index contributed by atoms with van der Waals surface area (Å²) in [7, 11) is 3.65. The fourth-order valence-electron chi connectivity index (χ4n) is 15.5. The monoisotopic (exact) mass is 1360 g/mol. The van der Waals surface area contributed by atoms with Crippen LogP contribution in [0.2, 0.25) is 0 Å². The van der Waals surface area contributed by atoms with Gasteiger partial charge in [-0.3, -0.25) is 33.6 Å². The normalized spacial score (nSPS) is 31.6. The van der Waals surface area contributed by atoms with E-state index < -0.39 is 22.4 Å². The number of ketones is 1. The van der Waals surface area contributed by atoms with Gasteiger partial charge in [0, 0.05) is 114 Å². The van der Waals surface area contributed by atoms with Crippen molar-refractivity contribution in [3.8, 4) is 0 Å². The Morgan fingerprint density at radius 1 is 0.667 bits per heavy atom. The fourth-order valence-corrected chi connectivity index (χ4v) is 18.9. The van der Waals surface area contributed by atoms with Gasteiger partial charge in [0.1, 0.15) is 22.8 Å². The molecule has 448 valence electrons. The summed E-state index contributed by atoms with van der Waals surface area (Å²) in [4.78, 5) is 105. The summed E-state index contributed by atoms with van der Waals surface area (Å²) >= 11 is 12.4. The van der Waals surface area contributed by atoms with E-state index in [2.05, 4.69) is 78.2 Å². The molecular weight excluding hydrogens is 1300 g/mol. The Morgan fingerprint density at radius 3 is 1.86 bits per heavy atom. The minimum atomic E-state index is -0.738. The second-order valence-corrected chi connectivity index (χ2v) is 27.4. The highest BCUT2D eigenvalue weighted by Gasteiger charge is 2.67. The van der Waals surface area contributed by atoms with Crippen molar-refractivity contribution in [2.45, 2.75) is 137 Å². The number of fused-ring (bicyclic) bond motifs is 14. The lowest BCUT2D eigenvalue weighted by Crippen LogP contribution is -2.51. The predicted molar refractivity (Wildman–Crippen MR) is 319 cm³/mol. The van der Waals surface area contributed by atoms with Crippen LogP contribution in [0.1, 0.15) is 144 Å². The zero-order valence-corrected chi connectivity index (χ0v) is 52.6. The first-order valence-electron chi connectivity index (χ1n) is 29.2. The number of aromatic nitrogens is 3. The highest BCUT2D eigenvalue weighted by Crippen LogP contribution is 2.60. The van der Waals surface area contributed by atoms with Crippen LogP contribution in [0.4, 0.5) is 4.79 Å². The van der Waals surface area contributed by atoms with E-state index in [0.717, 1.165) is 70.9 Å². The van der Waals surface area contributed by atoms with Gasteiger partial charge in [0.05, 0.1) is 61.5 Å². The zero-order chi connectivity index (χ0) is 59.0. The minimum Gasteiger partial charge on any atom is -0.450 e. The molecule has 1 aromatic carbocycles. The van der Waals surface area contributed by atoms with Gasteiger partial charge in [-0.25, -0.2) is 4.79 Å². The Labute approximate surface area is 516 Å². The summed E-state index contributed by atoms with van der Waals surface area (Å²) in [6.07, 6.45) is 7.63. The molecule has 0 unspecified atom stereocenters. The van der Waals surface area contributed by atoms with Gasteiger partial charge in [0.15, 0.2) is 11.5 Å². The molecule has 4 aromatic rings. The smallest absolute Gasteiger partial charge is 0.407 e. The number of carbonyl (C=O) groups excluding carboxylic acids is 8. The first-order valence-corrected chi connectivity index (χ1v) is 32.6. The van der Waals surface area contributed by atoms with Crippen molar-refractivity contribution in [3.63, 3.8) is 0 Å². The van der Waals surface area contributed by atoms with E-state index in [4.69, 9.17) is 14.2 Å². The van der Waals surface area contributed by atoms with Crippen LogP contribution >= 0.6 is 59.6 Å². The van der Waals surface area contributed by atoms with Crippen LogP contribution in [0.15, 0.2) is 80.5 Å². The Morgan fingerprint density at radius 2 is 1.23 bits per heavy atom. The Kier molecular flexibility index (Phi) is 16.4. The number of unbranched alkanes of at least 4 members (excludes halogenated alkanes) is 1. The summed E-state index contributed by atoms with van der Waals surface area (Å²) in [5.41, 5.74) is 1.40. The molecule has 7 fully saturated rings. The SMILES string of the molecule is CCCOC(=O)NCCCCO[C@@]12C[C@@H]3[C@@H](NC(=O)c4ccc(Br)n43)[C@@H]1CC(=O)N2C.CN1C(=O)C[C@H]2[C@@H]3NC(=O)c4ccc(Br)n4[C@@H]3C[C@]21SCCC(=O)c1ccccc1.O=C1N[C@@H]2[C@@H](C[C@@]34OCCCCN3C(=O)C[C@@H]24)n2c(Br)ccc21. The summed E-state index contributed by atoms with van der Waals surface area (Å²) in [5.74, 6) is 0.723. The largest absolute Gasteiger partial charge is 0.450 e. The molecule has 4 saturated heterocycles. The van der Waals surface area contributed by atoms with E-state index in [9.17, 15) is 38.4 Å². The van der Waals surface area contributed by atoms with Gasteiger partial charge in [-0.1, -0.05) is 37.3 Å². The Bertz CT molecular complexity index is 3300. The summed E-state index contributed by atoms with van der Waals surface area (Å²) in [6.45, 7) is 4.79. The molecule has 1 spiro atoms. The first kappa shape index (κ1) is 58.9. The maximum atomic E-state index is 12.7. The quantitative estimate of drug-likeness (QED) is 0.0750. The summed E-state index contributed by atoms with van der Waals surface area (Å²) in [6, 6.07) is 20.4. The first-order chi connectivity index (χ1) is 40.4. The number of rotatable bonds is 13. The molecule has 0 radical (unpaired) electrons. The van der Waals surface area contributed by atoms with E-state index >= 15 is 0 Å². The number of alkyl carbamates (subject to hydrolysis) is 1. The number of carbonyl (C=O) groups is 8. The number of ether oxygens (including phenoxy) is 3. The van der Waals surface area contributed by atoms with Gasteiger partial charge in [0.25, 0.3) is 17.7 Å². The minimum absolute atomic E-state index is 0.0169. The molecule has 3 aromatic heterocycles. The summed E-state index contributed by atoms with van der Waals surface area (Å²) in [5, 5.41) is 12.2. The van der Waals surface area contributed by atoms with Crippen LogP contribution in [0.3, 0.4) is 0 Å². The third kappa shape index (κ3) is 9.85. The number of amides is 7. The van der Waals surface area contributed by atoms with Crippen molar-refractivity contribution < 1.29 is 52.6 Å². The number of thioether (sulfide) groups is 1. The van der Waals surface area contributed by atoms with Gasteiger partial charge in [-0.2, -0.15) is 0 Å². The molecule has 25 heteroatoms. The standard InChI is InChI=1S/C22H22BrN3O3S.C21H29BrN4O5.C16H18BrN3O3/c1-25-19(28)11-14-20-16(26-15(21(29)24-20)7-8-18(26)23)12-22(14,25)30-10-9-17(27)13-5-3-2-4-6-13;1-3-9-30-20(29)23-8-4-5-10-31-21-12-15-18(13(21)11-17(27)25(21)2)24-19(28)14-6-7-16(22)26(14)15;17-12-4-3-10-15(22)18-14-9-7-13(21)19-5-1-2-6-23-16(9,19)8-11(14)20(10)12/h2-8,14,16,20H,9-12H2,1H3,(H,24,29);6-7,13,15,18H,3-5,8-12H2,1-2H3,(H,23,29)(H,24,28);3-4,9,11,14H,1-2,5-8H2,(H,18,22)/t14-,16+,20-,22-;13-,15+,18-,21-;9-,11+,14-,16-/m000/s1. The number of Topliss-reactive ketones (excluding diaryl/α,β-unsaturated/α-hetero) is 1. The third-order valence-corrected chi connectivity index (χ3v) is 22.9. The van der Waals surface area contributed by atoms with Crippen molar-refractivity contribution in [1.82, 2.24) is 49.7 Å². The zero-order valence-electron chi connectivity index (χ0n) is 47.0. The molecule has 10 heterocycles. The molecule has 14 rings (SSSR count). The van der Waals surface area contributed by atoms with E-state index in [1.54, 1.807) is 23.7 Å². The lowest BCUT2D eigenvalue weighted by Gasteiger charge is -2.36. The van der Waals surface area contributed by atoms with Crippen LogP contribution in [0, 0.1) is 17.8 Å². The molecule has 4 N–H and O–H groups in total. The fraction of sp³-hybridized carbons (Fsp3) is 0.559. The number of hydrogen-bond donors (Lipinski definition) is 4. The van der Waals surface area contributed by atoms with Crippen LogP contribution in [-0.2, 0) is 28.6 Å². The van der Waals surface area contributed by atoms with Crippen molar-refractivity contribution in [1.29, 1.82) is 0 Å². The highest BCUT2D eigenvalue weighted by atomic mass is 79.9. The van der Waals surface area contributed by atoms with Crippen LogP contribution in [0.5, 0.6) is 0 Å². The molecule has 7 amide bonds. The third-order valence-electron chi connectivity index (χ3n) is 19.3. The molecule has 10 aliphatic rings. The number of nitrogens with one attached hydrogen (secondary N) is 4. The number of hydrogen-bond acceptors (Lipinski definition) is 12. The van der Waals surface area contributed by atoms with Gasteiger partial charge in [-0.15, -0.1) is 11.8 Å². The molecule has 84 heavy (non-hydrogen) atoms. The average Bonchev–Trinajstić information content (AvgIpc) is 1.79. The molecule has 21 nitrogen and oxygen atoms in total. The van der Waals surface area contributed by atoms with Gasteiger partial charge in [0.2, 0.25) is 17.7 Å². The lowest BCUT2D eigenvalue weighted by atomic mass is 9.95. The molecule has 7 aliphatic heterocycles. The molecular formula is C59H69Br3N10O11S. The molecule has 3 saturated carbocycles. The predicted octanol–water partition coefficient (Wildman–Crippen LogP) is 7.57. The second-order valence-electron chi connectivity index (χ2n) is 23.5. The van der Waals surface area contributed by atoms with Crippen molar-refractivity contribution in [3.05, 3.63) is 103 Å². The van der Waals surface area contributed by atoms with E-state index in [1.165, 1.54) is 0 Å². The molecule has 0 bridgehead atoms. The number of nitrogens with zero attached hydrogens (tertiary/aromatic N) is 6. The van der Waals surface area contributed by atoms with Crippen LogP contribution in [-0.4, -0.2) is 163 Å². The number of likely N-dealkylation sites (tertiary alicyclic amines) is 2. The van der Waals surface area contributed by atoms with E-state index in [1.807, 2.05) is 95.1 Å². The molecule has 12 atom stereocenters. The maximum Gasteiger partial charge on any atom is 0.407 e. The average molecular weight is 1370 g/mol. The van der Waals surface area contributed by atoms with E-state index in [-0.39, 0.29) is 95.2 Å². The maximum absolute atomic E-state index is 12.7. The highest BCUT2D eigenvalue weighted by molar-refractivity contribution is 9.11.